The van der Waals surface area contributed by atoms with Crippen molar-refractivity contribution in [1.82, 2.24) is 5.32 Å². The monoisotopic (exact) mass is 267 g/mol. The number of hydrogen-bond acceptors (Lipinski definition) is 1. The van der Waals surface area contributed by atoms with Gasteiger partial charge in [-0.2, -0.15) is 0 Å². The van der Waals surface area contributed by atoms with Crippen molar-refractivity contribution in [2.75, 3.05) is 0 Å². The molecule has 0 aromatic rings. The van der Waals surface area contributed by atoms with Crippen molar-refractivity contribution in [2.24, 2.45) is 5.92 Å². The van der Waals surface area contributed by atoms with Gasteiger partial charge in [0.2, 0.25) is 0 Å². The predicted octanol–water partition coefficient (Wildman–Crippen LogP) is 5.14. The number of halogens is 1. The zero-order chi connectivity index (χ0) is 13.9. The van der Waals surface area contributed by atoms with Crippen LogP contribution in [0.25, 0.3) is 0 Å². The quantitative estimate of drug-likeness (QED) is 0.680. The van der Waals surface area contributed by atoms with Crippen molar-refractivity contribution in [3.05, 3.63) is 24.9 Å². The average molecular weight is 267 g/mol. The maximum Gasteiger partial charge on any atom is 0.121 e. The summed E-state index contributed by atoms with van der Waals surface area (Å²) in [6.45, 7) is 5.80. The molecule has 2 heteroatoms. The summed E-state index contributed by atoms with van der Waals surface area (Å²) in [5, 5.41) is 3.49. The molecular weight excluding hydrogens is 237 g/mol. The van der Waals surface area contributed by atoms with Gasteiger partial charge >= 0.3 is 0 Å². The van der Waals surface area contributed by atoms with Crippen molar-refractivity contribution in [3.63, 3.8) is 0 Å². The van der Waals surface area contributed by atoms with E-state index in [1.54, 1.807) is 0 Å². The van der Waals surface area contributed by atoms with Crippen LogP contribution in [-0.4, -0.2) is 12.2 Å². The van der Waals surface area contributed by atoms with Crippen molar-refractivity contribution in [2.45, 2.75) is 76.9 Å². The summed E-state index contributed by atoms with van der Waals surface area (Å²) < 4.78 is 13.0. The van der Waals surface area contributed by atoms with Crippen LogP contribution in [0.4, 0.5) is 4.39 Å². The van der Waals surface area contributed by atoms with Crippen LogP contribution in [0.3, 0.4) is 0 Å². The van der Waals surface area contributed by atoms with Crippen LogP contribution in [0.15, 0.2) is 24.9 Å². The summed E-state index contributed by atoms with van der Waals surface area (Å²) in [6, 6.07) is 0.552. The Hall–Kier alpha value is -0.790. The first-order chi connectivity index (χ1) is 9.24. The zero-order valence-corrected chi connectivity index (χ0v) is 12.4. The highest BCUT2D eigenvalue weighted by molar-refractivity contribution is 4.91. The minimum Gasteiger partial charge on any atom is -0.388 e. The van der Waals surface area contributed by atoms with Gasteiger partial charge in [0, 0.05) is 12.5 Å². The highest BCUT2D eigenvalue weighted by Gasteiger charge is 2.16. The van der Waals surface area contributed by atoms with E-state index in [2.05, 4.69) is 18.8 Å². The zero-order valence-electron chi connectivity index (χ0n) is 12.4. The van der Waals surface area contributed by atoms with Gasteiger partial charge < -0.3 is 5.32 Å². The second-order valence-corrected chi connectivity index (χ2v) is 5.84. The smallest absolute Gasteiger partial charge is 0.121 e. The highest BCUT2D eigenvalue weighted by atomic mass is 19.1. The van der Waals surface area contributed by atoms with E-state index in [1.807, 2.05) is 12.3 Å². The van der Waals surface area contributed by atoms with E-state index in [9.17, 15) is 4.39 Å². The minimum atomic E-state index is -0.917. The topological polar surface area (TPSA) is 12.0 Å². The largest absolute Gasteiger partial charge is 0.388 e. The lowest BCUT2D eigenvalue weighted by Crippen LogP contribution is -2.31. The Morgan fingerprint density at radius 2 is 1.79 bits per heavy atom. The number of nitrogens with one attached hydrogen (secondary N) is 1. The van der Waals surface area contributed by atoms with Crippen LogP contribution in [0.5, 0.6) is 0 Å². The van der Waals surface area contributed by atoms with Crippen LogP contribution >= 0.6 is 0 Å². The maximum absolute atomic E-state index is 13.0. The summed E-state index contributed by atoms with van der Waals surface area (Å²) in [5.74, 6) is 0.711. The van der Waals surface area contributed by atoms with Gasteiger partial charge in [-0.1, -0.05) is 57.6 Å². The lowest BCUT2D eigenvalue weighted by molar-refractivity contribution is 0.334. The summed E-state index contributed by atoms with van der Waals surface area (Å²) in [6.07, 6.45) is 15.5. The molecule has 0 saturated heterocycles. The van der Waals surface area contributed by atoms with Crippen LogP contribution in [0, 0.1) is 5.92 Å². The van der Waals surface area contributed by atoms with E-state index >= 15 is 0 Å². The molecule has 0 radical (unpaired) electrons. The third-order valence-corrected chi connectivity index (χ3v) is 4.16. The maximum atomic E-state index is 13.0. The third kappa shape index (κ3) is 7.39. The molecule has 3 unspecified atom stereocenters. The highest BCUT2D eigenvalue weighted by Crippen LogP contribution is 2.21. The van der Waals surface area contributed by atoms with E-state index in [0.717, 1.165) is 0 Å². The molecule has 1 N–H and O–H groups in total. The van der Waals surface area contributed by atoms with Gasteiger partial charge in [-0.05, 0) is 25.0 Å². The average Bonchev–Trinajstić information content (AvgIpc) is 2.43. The molecule has 1 rings (SSSR count). The van der Waals surface area contributed by atoms with E-state index in [4.69, 9.17) is 0 Å². The number of alkyl halides is 1. The van der Waals surface area contributed by atoms with Gasteiger partial charge in [-0.3, -0.25) is 0 Å². The fourth-order valence-electron chi connectivity index (χ4n) is 2.76. The summed E-state index contributed by atoms with van der Waals surface area (Å²) in [7, 11) is 0. The van der Waals surface area contributed by atoms with Crippen molar-refractivity contribution in [3.8, 4) is 0 Å². The van der Waals surface area contributed by atoms with Crippen molar-refractivity contribution in [1.29, 1.82) is 0 Å². The summed E-state index contributed by atoms with van der Waals surface area (Å²) in [5.41, 5.74) is 0. The number of allylic oxidation sites excluding steroid dienone is 2. The molecule has 110 valence electrons. The van der Waals surface area contributed by atoms with Crippen molar-refractivity contribution >= 4 is 0 Å². The second kappa shape index (κ2) is 10.1. The Kier molecular flexibility index (Phi) is 8.61. The molecule has 1 aliphatic carbocycles. The van der Waals surface area contributed by atoms with Crippen LogP contribution in [-0.2, 0) is 0 Å². The molecule has 1 saturated carbocycles. The predicted molar refractivity (Wildman–Crippen MR) is 81.9 cm³/mol. The molecule has 0 heterocycles. The molecule has 1 aliphatic rings. The third-order valence-electron chi connectivity index (χ3n) is 4.16. The van der Waals surface area contributed by atoms with E-state index in [-0.39, 0.29) is 0 Å². The van der Waals surface area contributed by atoms with Gasteiger partial charge in [-0.15, -0.1) is 6.58 Å². The van der Waals surface area contributed by atoms with E-state index in [0.29, 0.717) is 18.4 Å². The molecule has 0 aliphatic heterocycles. The van der Waals surface area contributed by atoms with E-state index < -0.39 is 6.17 Å². The van der Waals surface area contributed by atoms with E-state index in [1.165, 1.54) is 57.4 Å². The molecule has 1 fully saturated rings. The normalized spacial score (nSPS) is 27.9. The van der Waals surface area contributed by atoms with Crippen LogP contribution in [0.2, 0.25) is 0 Å². The Bertz CT molecular complexity index is 262. The lowest BCUT2D eigenvalue weighted by atomic mass is 9.89. The van der Waals surface area contributed by atoms with Gasteiger partial charge in [0.25, 0.3) is 0 Å². The first-order valence-electron chi connectivity index (χ1n) is 7.91. The Labute approximate surface area is 118 Å². The van der Waals surface area contributed by atoms with Gasteiger partial charge in [0.05, 0.1) is 0 Å². The van der Waals surface area contributed by atoms with Crippen LogP contribution in [0.1, 0.15) is 64.7 Å². The van der Waals surface area contributed by atoms with Gasteiger partial charge in [-0.25, -0.2) is 4.39 Å². The second-order valence-electron chi connectivity index (χ2n) is 5.84. The first kappa shape index (κ1) is 16.3. The minimum absolute atomic E-state index is 0.428. The van der Waals surface area contributed by atoms with Gasteiger partial charge in [0.1, 0.15) is 6.17 Å². The molecule has 1 nitrogen and oxygen atoms in total. The molecular formula is C17H30FN. The number of hydrogen-bond donors (Lipinski definition) is 1. The van der Waals surface area contributed by atoms with Gasteiger partial charge in [0.15, 0.2) is 0 Å². The number of rotatable bonds is 5. The Morgan fingerprint density at radius 3 is 2.47 bits per heavy atom. The fourth-order valence-corrected chi connectivity index (χ4v) is 2.76. The molecule has 3 atom stereocenters. The molecule has 19 heavy (non-hydrogen) atoms. The Morgan fingerprint density at radius 1 is 1.16 bits per heavy atom. The molecule has 0 bridgehead atoms. The van der Waals surface area contributed by atoms with Crippen LogP contribution < -0.4 is 5.32 Å². The molecule has 0 amide bonds. The summed E-state index contributed by atoms with van der Waals surface area (Å²) in [4.78, 5) is 0. The van der Waals surface area contributed by atoms with Crippen molar-refractivity contribution < 1.29 is 4.39 Å². The lowest BCUT2D eigenvalue weighted by Gasteiger charge is -2.25. The molecule has 0 aromatic carbocycles. The fraction of sp³-hybridized carbons (Fsp3) is 0.765. The Balaban J connectivity index is 2.35. The SMILES string of the molecule is C=CC(F)C/C=C/NC1CCCCCCCCC1C. The molecule has 0 spiro atoms. The first-order valence-corrected chi connectivity index (χ1v) is 7.91. The molecule has 0 aromatic heterocycles. The standard InChI is InChI=1S/C17H30FN/c1-3-16(18)12-10-14-19-17-13-9-7-5-4-6-8-11-15(17)2/h3,10,14-17,19H,1,4-9,11-13H2,2H3/b14-10+. The summed E-state index contributed by atoms with van der Waals surface area (Å²) >= 11 is 0.